The van der Waals surface area contributed by atoms with Gasteiger partial charge in [-0.1, -0.05) is 6.92 Å². The number of carbonyl (C=O) groups is 1. The van der Waals surface area contributed by atoms with Gasteiger partial charge in [0, 0.05) is 13.5 Å². The molecule has 0 amide bonds. The zero-order valence-corrected chi connectivity index (χ0v) is 7.58. The van der Waals surface area contributed by atoms with Crippen LogP contribution in [0, 0.1) is 0 Å². The van der Waals surface area contributed by atoms with Crippen LogP contribution in [0.3, 0.4) is 0 Å². The monoisotopic (exact) mass is 173 g/mol. The lowest BCUT2D eigenvalue weighted by molar-refractivity contribution is -0.191. The highest BCUT2D eigenvalue weighted by Crippen LogP contribution is 2.05. The molecule has 0 saturated carbocycles. The van der Waals surface area contributed by atoms with Crippen molar-refractivity contribution in [1.82, 2.24) is 4.90 Å². The van der Waals surface area contributed by atoms with E-state index >= 15 is 0 Å². The summed E-state index contributed by atoms with van der Waals surface area (Å²) in [5.74, 6) is -0.280. The van der Waals surface area contributed by atoms with Crippen molar-refractivity contribution >= 4 is 5.97 Å². The molecule has 0 radical (unpaired) electrons. The lowest BCUT2D eigenvalue weighted by Gasteiger charge is -2.30. The predicted molar refractivity (Wildman–Crippen MR) is 43.6 cm³/mol. The molecule has 12 heavy (non-hydrogen) atoms. The Bertz CT molecular complexity index is 160. The van der Waals surface area contributed by atoms with Crippen LogP contribution >= 0.6 is 0 Å². The summed E-state index contributed by atoms with van der Waals surface area (Å²) in [6.07, 6.45) is -0.365. The Morgan fingerprint density at radius 3 is 3.08 bits per heavy atom. The van der Waals surface area contributed by atoms with E-state index < -0.39 is 0 Å². The van der Waals surface area contributed by atoms with Crippen LogP contribution in [0.1, 0.15) is 13.8 Å². The minimum absolute atomic E-state index is 0.280. The van der Waals surface area contributed by atoms with Gasteiger partial charge < -0.3 is 9.47 Å². The molecule has 0 spiro atoms. The maximum absolute atomic E-state index is 10.6. The summed E-state index contributed by atoms with van der Waals surface area (Å²) in [4.78, 5) is 12.8. The van der Waals surface area contributed by atoms with Crippen LogP contribution in [0.5, 0.6) is 0 Å². The van der Waals surface area contributed by atoms with Crippen LogP contribution in [0.2, 0.25) is 0 Å². The van der Waals surface area contributed by atoms with Crippen molar-refractivity contribution in [2.45, 2.75) is 20.1 Å². The van der Waals surface area contributed by atoms with Gasteiger partial charge in [0.15, 0.2) is 0 Å². The molecule has 0 aliphatic carbocycles. The van der Waals surface area contributed by atoms with Crippen LogP contribution in [-0.4, -0.2) is 43.4 Å². The molecular formula is C8H15NO3. The number of carbonyl (C=O) groups excluding carboxylic acids is 1. The third-order valence-electron chi connectivity index (χ3n) is 1.86. The van der Waals surface area contributed by atoms with E-state index in [1.807, 2.05) is 0 Å². The number of nitrogens with zero attached hydrogens (tertiary/aromatic N) is 1. The largest absolute Gasteiger partial charge is 0.435 e. The molecule has 1 atom stereocenters. The molecule has 1 aliphatic rings. The van der Waals surface area contributed by atoms with Crippen molar-refractivity contribution in [2.24, 2.45) is 0 Å². The molecule has 1 saturated heterocycles. The second kappa shape index (κ2) is 4.42. The van der Waals surface area contributed by atoms with Gasteiger partial charge in [0.2, 0.25) is 6.29 Å². The smallest absolute Gasteiger partial charge is 0.304 e. The first kappa shape index (κ1) is 9.48. The molecule has 0 aromatic rings. The molecular weight excluding hydrogens is 158 g/mol. The third-order valence-corrected chi connectivity index (χ3v) is 1.86. The number of morpholine rings is 1. The van der Waals surface area contributed by atoms with Crippen LogP contribution in [0.4, 0.5) is 0 Å². The van der Waals surface area contributed by atoms with Gasteiger partial charge in [-0.05, 0) is 6.54 Å². The van der Waals surface area contributed by atoms with E-state index in [1.54, 1.807) is 0 Å². The first-order chi connectivity index (χ1) is 5.72. The average molecular weight is 173 g/mol. The van der Waals surface area contributed by atoms with Gasteiger partial charge in [-0.2, -0.15) is 0 Å². The van der Waals surface area contributed by atoms with Crippen molar-refractivity contribution in [3.63, 3.8) is 0 Å². The lowest BCUT2D eigenvalue weighted by Crippen LogP contribution is -2.43. The molecule has 1 heterocycles. The van der Waals surface area contributed by atoms with Gasteiger partial charge in [-0.25, -0.2) is 0 Å². The molecule has 1 rings (SSSR count). The molecule has 0 N–H and O–H groups in total. The SMILES string of the molecule is CCN1CCOC(OC(C)=O)C1. The topological polar surface area (TPSA) is 38.8 Å². The predicted octanol–water partition coefficient (Wildman–Crippen LogP) is 0.228. The van der Waals surface area contributed by atoms with Gasteiger partial charge in [0.25, 0.3) is 0 Å². The first-order valence-electron chi connectivity index (χ1n) is 4.23. The van der Waals surface area contributed by atoms with Crippen molar-refractivity contribution in [1.29, 1.82) is 0 Å². The van der Waals surface area contributed by atoms with Gasteiger partial charge >= 0.3 is 5.97 Å². The average Bonchev–Trinajstić information content (AvgIpc) is 2.03. The molecule has 1 fully saturated rings. The van der Waals surface area contributed by atoms with Crippen molar-refractivity contribution < 1.29 is 14.3 Å². The minimum Gasteiger partial charge on any atom is -0.435 e. The summed E-state index contributed by atoms with van der Waals surface area (Å²) in [5, 5.41) is 0. The van der Waals surface area contributed by atoms with Crippen LogP contribution in [0.15, 0.2) is 0 Å². The van der Waals surface area contributed by atoms with E-state index in [-0.39, 0.29) is 12.3 Å². The van der Waals surface area contributed by atoms with Crippen LogP contribution < -0.4 is 0 Å². The maximum atomic E-state index is 10.6. The number of hydrogen-bond donors (Lipinski definition) is 0. The van der Waals surface area contributed by atoms with Crippen LogP contribution in [0.25, 0.3) is 0 Å². The van der Waals surface area contributed by atoms with E-state index in [4.69, 9.17) is 9.47 Å². The molecule has 70 valence electrons. The quantitative estimate of drug-likeness (QED) is 0.560. The fourth-order valence-corrected chi connectivity index (χ4v) is 1.21. The fraction of sp³-hybridized carbons (Fsp3) is 0.875. The zero-order valence-electron chi connectivity index (χ0n) is 7.58. The van der Waals surface area contributed by atoms with Gasteiger partial charge in [-0.3, -0.25) is 9.69 Å². The number of rotatable bonds is 2. The van der Waals surface area contributed by atoms with E-state index in [9.17, 15) is 4.79 Å². The Labute approximate surface area is 72.4 Å². The van der Waals surface area contributed by atoms with Gasteiger partial charge in [0.05, 0.1) is 13.2 Å². The number of ether oxygens (including phenoxy) is 2. The maximum Gasteiger partial charge on any atom is 0.304 e. The standard InChI is InChI=1S/C8H15NO3/c1-3-9-4-5-11-8(6-9)12-7(2)10/h8H,3-6H2,1-2H3. The number of esters is 1. The number of likely N-dealkylation sites (N-methyl/N-ethyl adjacent to an activating group) is 1. The third kappa shape index (κ3) is 2.79. The highest BCUT2D eigenvalue weighted by Gasteiger charge is 2.20. The molecule has 1 aliphatic heterocycles. The summed E-state index contributed by atoms with van der Waals surface area (Å²) < 4.78 is 10.2. The molecule has 0 aromatic carbocycles. The Hall–Kier alpha value is -0.610. The van der Waals surface area contributed by atoms with E-state index in [0.717, 1.165) is 13.1 Å². The lowest BCUT2D eigenvalue weighted by atomic mass is 10.4. The molecule has 0 aromatic heterocycles. The summed E-state index contributed by atoms with van der Waals surface area (Å²) in [6.45, 7) is 6.71. The van der Waals surface area contributed by atoms with Crippen molar-refractivity contribution in [2.75, 3.05) is 26.2 Å². The summed E-state index contributed by atoms with van der Waals surface area (Å²) in [7, 11) is 0. The zero-order chi connectivity index (χ0) is 8.97. The van der Waals surface area contributed by atoms with E-state index in [2.05, 4.69) is 11.8 Å². The molecule has 4 heteroatoms. The number of hydrogen-bond acceptors (Lipinski definition) is 4. The Kier molecular flexibility index (Phi) is 3.49. The highest BCUT2D eigenvalue weighted by atomic mass is 16.7. The molecule has 4 nitrogen and oxygen atoms in total. The summed E-state index contributed by atoms with van der Waals surface area (Å²) in [5.41, 5.74) is 0. The van der Waals surface area contributed by atoms with Crippen molar-refractivity contribution in [3.05, 3.63) is 0 Å². The molecule has 1 unspecified atom stereocenters. The second-order valence-corrected chi connectivity index (χ2v) is 2.80. The second-order valence-electron chi connectivity index (χ2n) is 2.80. The Morgan fingerprint density at radius 2 is 2.50 bits per heavy atom. The summed E-state index contributed by atoms with van der Waals surface area (Å²) >= 11 is 0. The first-order valence-corrected chi connectivity index (χ1v) is 4.23. The molecule has 0 bridgehead atoms. The van der Waals surface area contributed by atoms with Gasteiger partial charge in [0.1, 0.15) is 0 Å². The van der Waals surface area contributed by atoms with Crippen molar-refractivity contribution in [3.8, 4) is 0 Å². The normalized spacial score (nSPS) is 25.3. The van der Waals surface area contributed by atoms with Crippen LogP contribution in [-0.2, 0) is 14.3 Å². The summed E-state index contributed by atoms with van der Waals surface area (Å²) in [6, 6.07) is 0. The minimum atomic E-state index is -0.365. The Morgan fingerprint density at radius 1 is 1.75 bits per heavy atom. The van der Waals surface area contributed by atoms with E-state index in [1.165, 1.54) is 6.92 Å². The van der Waals surface area contributed by atoms with E-state index in [0.29, 0.717) is 13.2 Å². The fourth-order valence-electron chi connectivity index (χ4n) is 1.21. The highest BCUT2D eigenvalue weighted by molar-refractivity contribution is 5.66. The van der Waals surface area contributed by atoms with Gasteiger partial charge in [-0.15, -0.1) is 0 Å². The Balaban J connectivity index is 2.30.